The van der Waals surface area contributed by atoms with Crippen LogP contribution in [-0.2, 0) is 6.54 Å². The third-order valence-corrected chi connectivity index (χ3v) is 8.72. The first-order valence-electron chi connectivity index (χ1n) is 11.3. The van der Waals surface area contributed by atoms with Crippen molar-refractivity contribution < 1.29 is 18.7 Å². The molecule has 3 aromatic carbocycles. The maximum Gasteiger partial charge on any atom is 0.261 e. The predicted octanol–water partition coefficient (Wildman–Crippen LogP) is 5.40. The Morgan fingerprint density at radius 2 is 1.53 bits per heavy atom. The lowest BCUT2D eigenvalue weighted by molar-refractivity contribution is 0.0642. The maximum absolute atomic E-state index is 12.8. The molecule has 2 amide bonds. The summed E-state index contributed by atoms with van der Waals surface area (Å²) >= 11 is 0. The van der Waals surface area contributed by atoms with Crippen LogP contribution in [0, 0.1) is 5.92 Å². The van der Waals surface area contributed by atoms with Gasteiger partial charge in [0.15, 0.2) is 0 Å². The van der Waals surface area contributed by atoms with Crippen molar-refractivity contribution >= 4 is 34.2 Å². The van der Waals surface area contributed by atoms with Gasteiger partial charge >= 0.3 is 0 Å². The van der Waals surface area contributed by atoms with Crippen molar-refractivity contribution in [3.63, 3.8) is 0 Å². The van der Waals surface area contributed by atoms with Crippen molar-refractivity contribution in [3.05, 3.63) is 83.4 Å². The van der Waals surface area contributed by atoms with Crippen LogP contribution in [0.4, 0.5) is 11.4 Å². The number of hydrogen-bond donors (Lipinski definition) is 2. The molecule has 3 aromatic rings. The second-order valence-electron chi connectivity index (χ2n) is 9.14. The molecular formula is C26H25N3O4S. The van der Waals surface area contributed by atoms with Crippen LogP contribution in [0.1, 0.15) is 39.1 Å². The van der Waals surface area contributed by atoms with E-state index < -0.39 is 11.0 Å². The third-order valence-electron chi connectivity index (χ3n) is 6.85. The van der Waals surface area contributed by atoms with Gasteiger partial charge in [0, 0.05) is 13.6 Å². The van der Waals surface area contributed by atoms with Gasteiger partial charge in [-0.2, -0.15) is 0 Å². The normalized spacial score (nSPS) is 19.4. The van der Waals surface area contributed by atoms with E-state index in [0.717, 1.165) is 40.9 Å². The van der Waals surface area contributed by atoms with Crippen molar-refractivity contribution in [3.8, 4) is 11.1 Å². The Balaban J connectivity index is 1.29. The maximum atomic E-state index is 12.8. The minimum Gasteiger partial charge on any atom is -0.270 e. The van der Waals surface area contributed by atoms with Gasteiger partial charge in [-0.1, -0.05) is 36.4 Å². The number of rotatable bonds is 5. The number of carbonyl (C=O) groups excluding carboxylic acids is 2. The highest BCUT2D eigenvalue weighted by molar-refractivity contribution is 8.26. The van der Waals surface area contributed by atoms with Crippen molar-refractivity contribution in [2.75, 3.05) is 22.2 Å². The van der Waals surface area contributed by atoms with Crippen LogP contribution in [0.15, 0.2) is 66.7 Å². The molecule has 6 rings (SSSR count). The zero-order valence-corrected chi connectivity index (χ0v) is 19.5. The lowest BCUT2D eigenvalue weighted by Crippen LogP contribution is -2.32. The minimum absolute atomic E-state index is 0.195. The molecule has 2 aliphatic heterocycles. The van der Waals surface area contributed by atoms with Crippen LogP contribution in [-0.4, -0.2) is 39.4 Å². The molecule has 0 aromatic heterocycles. The van der Waals surface area contributed by atoms with Crippen LogP contribution >= 0.6 is 11.0 Å². The largest absolute Gasteiger partial charge is 0.270 e. The summed E-state index contributed by atoms with van der Waals surface area (Å²) in [5, 5.41) is 0. The van der Waals surface area contributed by atoms with Gasteiger partial charge in [-0.05, 0) is 76.7 Å². The number of fused-ring (bicyclic) bond motifs is 2. The molecule has 0 bridgehead atoms. The summed E-state index contributed by atoms with van der Waals surface area (Å²) in [4.78, 5) is 26.8. The number of amides is 2. The highest BCUT2D eigenvalue weighted by Gasteiger charge is 2.41. The molecule has 174 valence electrons. The van der Waals surface area contributed by atoms with Crippen LogP contribution in [0.5, 0.6) is 0 Å². The molecule has 0 radical (unpaired) electrons. The van der Waals surface area contributed by atoms with E-state index in [9.17, 15) is 18.7 Å². The van der Waals surface area contributed by atoms with Gasteiger partial charge < -0.3 is 0 Å². The second-order valence-corrected chi connectivity index (χ2v) is 11.1. The molecule has 0 saturated heterocycles. The molecule has 0 atom stereocenters. The zero-order chi connectivity index (χ0) is 23.6. The molecule has 3 aliphatic rings. The Kier molecular flexibility index (Phi) is 4.74. The second kappa shape index (κ2) is 7.59. The quantitative estimate of drug-likeness (QED) is 0.481. The molecular weight excluding hydrogens is 450 g/mol. The number of benzene rings is 3. The average molecular weight is 476 g/mol. The summed E-state index contributed by atoms with van der Waals surface area (Å²) in [7, 11) is -1.34. The Labute approximate surface area is 199 Å². The van der Waals surface area contributed by atoms with E-state index >= 15 is 0 Å². The fourth-order valence-electron chi connectivity index (χ4n) is 4.73. The van der Waals surface area contributed by atoms with Gasteiger partial charge in [0.1, 0.15) is 0 Å². The molecule has 2 heterocycles. The monoisotopic (exact) mass is 475 g/mol. The van der Waals surface area contributed by atoms with Crippen LogP contribution in [0.25, 0.3) is 11.1 Å². The smallest absolute Gasteiger partial charge is 0.261 e. The highest BCUT2D eigenvalue weighted by Crippen LogP contribution is 2.61. The Morgan fingerprint density at radius 1 is 0.853 bits per heavy atom. The van der Waals surface area contributed by atoms with Gasteiger partial charge in [0.05, 0.1) is 29.0 Å². The summed E-state index contributed by atoms with van der Waals surface area (Å²) < 4.78 is 25.0. The number of nitrogens with zero attached hydrogens (tertiary/aromatic N) is 3. The molecule has 1 saturated carbocycles. The van der Waals surface area contributed by atoms with Crippen LogP contribution in [0.2, 0.25) is 0 Å². The number of imide groups is 1. The summed E-state index contributed by atoms with van der Waals surface area (Å²) in [6.07, 6.45) is 2.26. The average Bonchev–Trinajstić information content (AvgIpc) is 3.62. The van der Waals surface area contributed by atoms with Crippen molar-refractivity contribution in [1.82, 2.24) is 4.90 Å². The van der Waals surface area contributed by atoms with E-state index in [1.165, 1.54) is 4.90 Å². The van der Waals surface area contributed by atoms with Gasteiger partial charge in [0.2, 0.25) is 0 Å². The van der Waals surface area contributed by atoms with Crippen molar-refractivity contribution in [2.24, 2.45) is 5.92 Å². The summed E-state index contributed by atoms with van der Waals surface area (Å²) in [6.45, 7) is 0.843. The topological polar surface area (TPSA) is 84.3 Å². The first kappa shape index (κ1) is 21.2. The fraction of sp³-hybridized carbons (Fsp3) is 0.231. The Hall–Kier alpha value is -3.33. The summed E-state index contributed by atoms with van der Waals surface area (Å²) in [6, 6.07) is 20.6. The molecule has 1 fully saturated rings. The SMILES string of the molecule is CN1c2cc(-c3cccc(CN4C(=O)c5ccccc5C4=O)c3)ccc2N(CC2CC2)S1(O)O. The van der Waals surface area contributed by atoms with Crippen molar-refractivity contribution in [2.45, 2.75) is 19.4 Å². The lowest BCUT2D eigenvalue weighted by Gasteiger charge is -2.42. The van der Waals surface area contributed by atoms with E-state index in [2.05, 4.69) is 0 Å². The number of anilines is 2. The Morgan fingerprint density at radius 3 is 2.21 bits per heavy atom. The fourth-order valence-corrected chi connectivity index (χ4v) is 6.26. The molecule has 7 nitrogen and oxygen atoms in total. The predicted molar refractivity (Wildman–Crippen MR) is 134 cm³/mol. The molecule has 0 unspecified atom stereocenters. The molecule has 34 heavy (non-hydrogen) atoms. The number of hydrogen-bond acceptors (Lipinski definition) is 6. The van der Waals surface area contributed by atoms with Crippen LogP contribution < -0.4 is 8.61 Å². The summed E-state index contributed by atoms with van der Waals surface area (Å²) in [5.74, 6) is -0.0266. The van der Waals surface area contributed by atoms with Crippen LogP contribution in [0.3, 0.4) is 0 Å². The van der Waals surface area contributed by atoms with E-state index in [1.807, 2.05) is 42.5 Å². The van der Waals surface area contributed by atoms with Gasteiger partial charge in [-0.3, -0.25) is 32.2 Å². The minimum atomic E-state index is -3.06. The molecule has 0 spiro atoms. The third kappa shape index (κ3) is 3.29. The van der Waals surface area contributed by atoms with E-state index in [0.29, 0.717) is 23.6 Å². The molecule has 2 N–H and O–H groups in total. The van der Waals surface area contributed by atoms with E-state index in [4.69, 9.17) is 0 Å². The first-order valence-corrected chi connectivity index (χ1v) is 12.8. The van der Waals surface area contributed by atoms with E-state index in [1.54, 1.807) is 39.9 Å². The van der Waals surface area contributed by atoms with Gasteiger partial charge in [-0.25, -0.2) is 0 Å². The standard InChI is InChI=1S/C26H25N3O4S/c1-27-24-14-20(11-12-23(24)29(34(27,32)33)16-17-9-10-17)19-6-4-5-18(13-19)15-28-25(30)21-7-2-3-8-22(21)26(28)31/h2-8,11-14,17,32-33H,9-10,15-16H2,1H3. The lowest BCUT2D eigenvalue weighted by atomic mass is 10.0. The Bertz CT molecular complexity index is 1300. The van der Waals surface area contributed by atoms with Crippen molar-refractivity contribution in [1.29, 1.82) is 0 Å². The number of carbonyl (C=O) groups is 2. The van der Waals surface area contributed by atoms with E-state index in [-0.39, 0.29) is 18.4 Å². The zero-order valence-electron chi connectivity index (χ0n) is 18.7. The molecule has 1 aliphatic carbocycles. The molecule has 8 heteroatoms. The summed E-state index contributed by atoms with van der Waals surface area (Å²) in [5.41, 5.74) is 5.21. The highest BCUT2D eigenvalue weighted by atomic mass is 32.3. The van der Waals surface area contributed by atoms with Gasteiger partial charge in [0.25, 0.3) is 11.8 Å². The van der Waals surface area contributed by atoms with Gasteiger partial charge in [-0.15, -0.1) is 0 Å². The first-order chi connectivity index (χ1) is 16.3.